The maximum absolute atomic E-state index is 5.85. The number of hydrogen-bond donors (Lipinski definition) is 1. The maximum atomic E-state index is 5.85. The molecule has 1 aromatic heterocycles. The van der Waals surface area contributed by atoms with Gasteiger partial charge >= 0.3 is 0 Å². The summed E-state index contributed by atoms with van der Waals surface area (Å²) in [5.41, 5.74) is 11.8. The van der Waals surface area contributed by atoms with E-state index in [9.17, 15) is 0 Å². The average Bonchev–Trinajstić information content (AvgIpc) is 2.69. The number of imidazole rings is 1. The molecule has 1 heterocycles. The van der Waals surface area contributed by atoms with E-state index in [1.54, 1.807) is 0 Å². The molecule has 0 aliphatic rings. The summed E-state index contributed by atoms with van der Waals surface area (Å²) in [5.74, 6) is 0. The summed E-state index contributed by atoms with van der Waals surface area (Å²) in [5, 5.41) is 0. The number of hydrogen-bond acceptors (Lipinski definition) is 2. The quantitative estimate of drug-likeness (QED) is 0.898. The molecule has 0 unspecified atom stereocenters. The Hall–Kier alpha value is -1.61. The summed E-state index contributed by atoms with van der Waals surface area (Å²) >= 11 is 0. The Morgan fingerprint density at radius 3 is 2.53 bits per heavy atom. The van der Waals surface area contributed by atoms with Gasteiger partial charge in [-0.3, -0.25) is 0 Å². The van der Waals surface area contributed by atoms with Gasteiger partial charge in [0.1, 0.15) is 0 Å². The predicted octanol–water partition coefficient (Wildman–Crippen LogP) is 3.15. The predicted molar refractivity (Wildman–Crippen MR) is 80.0 cm³/mol. The van der Waals surface area contributed by atoms with E-state index in [1.807, 2.05) is 17.9 Å². The van der Waals surface area contributed by atoms with Crippen LogP contribution >= 0.6 is 0 Å². The molecule has 0 atom stereocenters. The zero-order chi connectivity index (χ0) is 14.2. The Labute approximate surface area is 115 Å². The van der Waals surface area contributed by atoms with Crippen LogP contribution in [-0.4, -0.2) is 9.55 Å². The van der Waals surface area contributed by atoms with Crippen LogP contribution in [0.3, 0.4) is 0 Å². The van der Waals surface area contributed by atoms with Crippen LogP contribution in [0.2, 0.25) is 0 Å². The van der Waals surface area contributed by atoms with E-state index in [2.05, 4.69) is 50.9 Å². The molecule has 1 aromatic carbocycles. The highest BCUT2D eigenvalue weighted by molar-refractivity contribution is 5.67. The van der Waals surface area contributed by atoms with Gasteiger partial charge in [-0.1, -0.05) is 32.9 Å². The van der Waals surface area contributed by atoms with Gasteiger partial charge in [-0.25, -0.2) is 4.98 Å². The maximum Gasteiger partial charge on any atom is 0.0953 e. The Bertz CT molecular complexity index is 589. The number of aromatic nitrogens is 2. The van der Waals surface area contributed by atoms with Crippen molar-refractivity contribution < 1.29 is 0 Å². The van der Waals surface area contributed by atoms with Gasteiger partial charge in [0.25, 0.3) is 0 Å². The SMILES string of the molecule is Cc1ccc(C(C)(C)C)cc1-c1ncn(C)c1CN. The third kappa shape index (κ3) is 2.56. The molecule has 0 aliphatic heterocycles. The molecule has 2 aromatic rings. The van der Waals surface area contributed by atoms with Gasteiger partial charge < -0.3 is 10.3 Å². The summed E-state index contributed by atoms with van der Waals surface area (Å²) in [6.45, 7) is 9.30. The Balaban J connectivity index is 2.61. The highest BCUT2D eigenvalue weighted by Crippen LogP contribution is 2.30. The lowest BCUT2D eigenvalue weighted by Gasteiger charge is -2.20. The minimum absolute atomic E-state index is 0.139. The highest BCUT2D eigenvalue weighted by Gasteiger charge is 2.17. The first kappa shape index (κ1) is 13.8. The van der Waals surface area contributed by atoms with Crippen LogP contribution in [0.5, 0.6) is 0 Å². The third-order valence-corrected chi connectivity index (χ3v) is 3.61. The number of nitrogens with zero attached hydrogens (tertiary/aromatic N) is 2. The van der Waals surface area contributed by atoms with E-state index in [1.165, 1.54) is 16.7 Å². The third-order valence-electron chi connectivity index (χ3n) is 3.61. The lowest BCUT2D eigenvalue weighted by molar-refractivity contribution is 0.590. The van der Waals surface area contributed by atoms with Gasteiger partial charge in [0.05, 0.1) is 17.7 Å². The molecule has 0 saturated carbocycles. The van der Waals surface area contributed by atoms with Crippen molar-refractivity contribution in [1.29, 1.82) is 0 Å². The Morgan fingerprint density at radius 2 is 1.95 bits per heavy atom. The normalized spacial score (nSPS) is 11.9. The van der Waals surface area contributed by atoms with Crippen molar-refractivity contribution in [1.82, 2.24) is 9.55 Å². The van der Waals surface area contributed by atoms with Gasteiger partial charge in [0, 0.05) is 19.2 Å². The molecule has 0 aliphatic carbocycles. The van der Waals surface area contributed by atoms with Crippen molar-refractivity contribution in [2.24, 2.45) is 12.8 Å². The molecule has 19 heavy (non-hydrogen) atoms. The van der Waals surface area contributed by atoms with Gasteiger partial charge in [-0.05, 0) is 29.5 Å². The van der Waals surface area contributed by atoms with Crippen LogP contribution in [-0.2, 0) is 19.0 Å². The van der Waals surface area contributed by atoms with Crippen LogP contribution in [0.4, 0.5) is 0 Å². The Morgan fingerprint density at radius 1 is 1.26 bits per heavy atom. The molecule has 0 saturated heterocycles. The second kappa shape index (κ2) is 4.82. The van der Waals surface area contributed by atoms with E-state index in [4.69, 9.17) is 5.73 Å². The summed E-state index contributed by atoms with van der Waals surface area (Å²) in [6, 6.07) is 6.62. The van der Waals surface area contributed by atoms with E-state index in [0.717, 1.165) is 11.4 Å². The summed E-state index contributed by atoms with van der Waals surface area (Å²) in [6.07, 6.45) is 1.83. The molecule has 3 nitrogen and oxygen atoms in total. The van der Waals surface area contributed by atoms with Crippen molar-refractivity contribution in [3.8, 4) is 11.3 Å². The highest BCUT2D eigenvalue weighted by atomic mass is 15.0. The lowest BCUT2D eigenvalue weighted by Crippen LogP contribution is -2.11. The standard InChI is InChI=1S/C16H23N3/c1-11-6-7-12(16(2,3)4)8-13(11)15-14(9-17)19(5)10-18-15/h6-8,10H,9,17H2,1-5H3. The zero-order valence-electron chi connectivity index (χ0n) is 12.5. The number of benzene rings is 1. The zero-order valence-corrected chi connectivity index (χ0v) is 12.5. The van der Waals surface area contributed by atoms with Crippen molar-refractivity contribution in [3.05, 3.63) is 41.3 Å². The van der Waals surface area contributed by atoms with E-state index >= 15 is 0 Å². The number of rotatable bonds is 2. The van der Waals surface area contributed by atoms with Gasteiger partial charge in [0.2, 0.25) is 0 Å². The second-order valence-corrected chi connectivity index (χ2v) is 6.13. The minimum Gasteiger partial charge on any atom is -0.336 e. The molecule has 3 heteroatoms. The van der Waals surface area contributed by atoms with Gasteiger partial charge in [0.15, 0.2) is 0 Å². The van der Waals surface area contributed by atoms with E-state index in [0.29, 0.717) is 6.54 Å². The molecular formula is C16H23N3. The van der Waals surface area contributed by atoms with Crippen LogP contribution in [0, 0.1) is 6.92 Å². The fourth-order valence-electron chi connectivity index (χ4n) is 2.26. The number of nitrogens with two attached hydrogens (primary N) is 1. The fraction of sp³-hybridized carbons (Fsp3) is 0.438. The van der Waals surface area contributed by atoms with Crippen molar-refractivity contribution in [3.63, 3.8) is 0 Å². The van der Waals surface area contributed by atoms with Gasteiger partial charge in [-0.2, -0.15) is 0 Å². The molecular weight excluding hydrogens is 234 g/mol. The topological polar surface area (TPSA) is 43.8 Å². The summed E-state index contributed by atoms with van der Waals surface area (Å²) in [7, 11) is 1.99. The van der Waals surface area contributed by atoms with E-state index in [-0.39, 0.29) is 5.41 Å². The first-order valence-corrected chi connectivity index (χ1v) is 6.66. The Kier molecular flexibility index (Phi) is 3.50. The van der Waals surface area contributed by atoms with Crippen LogP contribution in [0.25, 0.3) is 11.3 Å². The molecule has 0 amide bonds. The van der Waals surface area contributed by atoms with Crippen molar-refractivity contribution in [2.45, 2.75) is 39.7 Å². The first-order valence-electron chi connectivity index (χ1n) is 6.66. The molecule has 0 radical (unpaired) electrons. The molecule has 2 rings (SSSR count). The monoisotopic (exact) mass is 257 g/mol. The smallest absolute Gasteiger partial charge is 0.0953 e. The molecule has 102 valence electrons. The minimum atomic E-state index is 0.139. The van der Waals surface area contributed by atoms with Crippen LogP contribution < -0.4 is 5.73 Å². The molecule has 0 fully saturated rings. The lowest BCUT2D eigenvalue weighted by atomic mass is 9.85. The summed E-state index contributed by atoms with van der Waals surface area (Å²) < 4.78 is 2.00. The van der Waals surface area contributed by atoms with Gasteiger partial charge in [-0.15, -0.1) is 0 Å². The molecule has 2 N–H and O–H groups in total. The summed E-state index contributed by atoms with van der Waals surface area (Å²) in [4.78, 5) is 4.52. The molecule has 0 bridgehead atoms. The largest absolute Gasteiger partial charge is 0.336 e. The average molecular weight is 257 g/mol. The second-order valence-electron chi connectivity index (χ2n) is 6.13. The van der Waals surface area contributed by atoms with Crippen molar-refractivity contribution in [2.75, 3.05) is 0 Å². The fourth-order valence-corrected chi connectivity index (χ4v) is 2.26. The number of aryl methyl sites for hydroxylation is 2. The first-order chi connectivity index (χ1) is 8.84. The van der Waals surface area contributed by atoms with Crippen molar-refractivity contribution >= 4 is 0 Å². The van der Waals surface area contributed by atoms with Crippen LogP contribution in [0.15, 0.2) is 24.5 Å². The van der Waals surface area contributed by atoms with Crippen LogP contribution in [0.1, 0.15) is 37.6 Å². The molecule has 0 spiro atoms. The van der Waals surface area contributed by atoms with E-state index < -0.39 is 0 Å².